The van der Waals surface area contributed by atoms with Gasteiger partial charge in [0.15, 0.2) is 11.9 Å². The molecule has 0 spiro atoms. The first-order chi connectivity index (χ1) is 14.9. The summed E-state index contributed by atoms with van der Waals surface area (Å²) in [5.74, 6) is 0.177. The van der Waals surface area contributed by atoms with Crippen molar-refractivity contribution >= 4 is 18.3 Å². The van der Waals surface area contributed by atoms with Crippen molar-refractivity contribution in [2.45, 2.75) is 45.2 Å². The summed E-state index contributed by atoms with van der Waals surface area (Å²) < 4.78 is 15.7. The van der Waals surface area contributed by atoms with Crippen molar-refractivity contribution in [1.29, 1.82) is 0 Å². The Morgan fingerprint density at radius 1 is 1.39 bits per heavy atom. The molecule has 0 aliphatic carbocycles. The zero-order chi connectivity index (χ0) is 22.8. The van der Waals surface area contributed by atoms with Crippen LogP contribution >= 0.6 is 0 Å². The van der Waals surface area contributed by atoms with Crippen molar-refractivity contribution in [3.63, 3.8) is 0 Å². The van der Waals surface area contributed by atoms with E-state index >= 15 is 0 Å². The first-order valence-electron chi connectivity index (χ1n) is 9.56. The number of carbonyl (C=O) groups excluding carboxylic acids is 2. The number of ether oxygens (including phenoxy) is 2. The van der Waals surface area contributed by atoms with Crippen molar-refractivity contribution < 1.29 is 33.5 Å². The Morgan fingerprint density at radius 3 is 2.68 bits per heavy atom. The molecule has 1 aromatic heterocycles. The predicted molar refractivity (Wildman–Crippen MR) is 106 cm³/mol. The highest BCUT2D eigenvalue weighted by atomic mass is 16.5. The molecule has 0 bridgehead atoms. The third-order valence-corrected chi connectivity index (χ3v) is 4.41. The minimum Gasteiger partial charge on any atom is -0.483 e. The van der Waals surface area contributed by atoms with Crippen molar-refractivity contribution in [3.05, 3.63) is 47.6 Å². The van der Waals surface area contributed by atoms with Crippen molar-refractivity contribution in [1.82, 2.24) is 20.4 Å². The van der Waals surface area contributed by atoms with Crippen LogP contribution in [0.5, 0.6) is 0 Å². The number of nitrogens with zero attached hydrogens (tertiary/aromatic N) is 3. The first kappa shape index (κ1) is 24.0. The minimum atomic E-state index is -0.844. The number of nitrogens with one attached hydrogen (secondary N) is 1. The summed E-state index contributed by atoms with van der Waals surface area (Å²) in [4.78, 5) is 39.5. The Labute approximate surface area is 179 Å². The number of carboxylic acid groups (broad SMARTS) is 1. The molecule has 0 radical (unpaired) electrons. The number of morpholine rings is 1. The van der Waals surface area contributed by atoms with E-state index in [9.17, 15) is 9.59 Å². The molecular weight excluding hydrogens is 408 g/mol. The normalized spacial score (nSPS) is 18.3. The summed E-state index contributed by atoms with van der Waals surface area (Å²) in [5.41, 5.74) is 0.838. The maximum atomic E-state index is 12.9. The average molecular weight is 434 g/mol. The van der Waals surface area contributed by atoms with Crippen LogP contribution in [0.15, 0.2) is 34.9 Å². The van der Waals surface area contributed by atoms with Crippen LogP contribution in [0.4, 0.5) is 0 Å². The van der Waals surface area contributed by atoms with Crippen molar-refractivity contribution in [3.8, 4) is 0 Å². The van der Waals surface area contributed by atoms with Gasteiger partial charge in [-0.05, 0) is 19.4 Å². The second kappa shape index (κ2) is 11.8. The van der Waals surface area contributed by atoms with Crippen LogP contribution < -0.4 is 5.32 Å². The molecule has 2 N–H and O–H groups in total. The SMILES string of the molecule is COCc1noc(CNC(=O)[C@H]2OCC(=O)N(C(C)C)[C@@H]2c2ccccc2)n1.O=CO. The van der Waals surface area contributed by atoms with Gasteiger partial charge in [0.2, 0.25) is 11.8 Å². The van der Waals surface area contributed by atoms with Gasteiger partial charge in [0, 0.05) is 13.2 Å². The standard InChI is InChI=1S/C19H24N4O5.CH2O2/c1-12(2)23-16(24)11-27-18(17(23)13-7-5-4-6-8-13)19(25)20-9-15-21-14(10-26-3)22-28-15;2-1-3/h4-8,12,17-18H,9-11H2,1-3H3,(H,20,25);1H,(H,2,3)/t17-,18+;/m1./s1. The Hall–Kier alpha value is -3.31. The van der Waals surface area contributed by atoms with Gasteiger partial charge in [-0.15, -0.1) is 0 Å². The molecule has 2 heterocycles. The van der Waals surface area contributed by atoms with Gasteiger partial charge < -0.3 is 29.3 Å². The highest BCUT2D eigenvalue weighted by Gasteiger charge is 2.42. The molecular formula is C20H26N4O7. The summed E-state index contributed by atoms with van der Waals surface area (Å²) in [6, 6.07) is 8.81. The lowest BCUT2D eigenvalue weighted by Gasteiger charge is -2.42. The van der Waals surface area contributed by atoms with Crippen molar-refractivity contribution in [2.24, 2.45) is 0 Å². The molecule has 0 unspecified atom stereocenters. The van der Waals surface area contributed by atoms with Gasteiger partial charge in [-0.2, -0.15) is 4.98 Å². The molecule has 168 valence electrons. The Kier molecular flexibility index (Phi) is 9.10. The zero-order valence-corrected chi connectivity index (χ0v) is 17.6. The van der Waals surface area contributed by atoms with Gasteiger partial charge in [-0.25, -0.2) is 0 Å². The molecule has 11 heteroatoms. The summed E-state index contributed by atoms with van der Waals surface area (Å²) in [6.07, 6.45) is -0.844. The molecule has 2 amide bonds. The van der Waals surface area contributed by atoms with E-state index in [0.29, 0.717) is 5.82 Å². The highest BCUT2D eigenvalue weighted by Crippen LogP contribution is 2.32. The number of methoxy groups -OCH3 is 1. The van der Waals surface area contributed by atoms with Gasteiger partial charge in [-0.3, -0.25) is 14.4 Å². The van der Waals surface area contributed by atoms with Crippen LogP contribution in [0.1, 0.15) is 37.2 Å². The summed E-state index contributed by atoms with van der Waals surface area (Å²) in [5, 5.41) is 13.4. The third-order valence-electron chi connectivity index (χ3n) is 4.41. The Morgan fingerprint density at radius 2 is 2.06 bits per heavy atom. The van der Waals surface area contributed by atoms with Crippen molar-refractivity contribution in [2.75, 3.05) is 13.7 Å². The van der Waals surface area contributed by atoms with Crippen LogP contribution in [-0.2, 0) is 37.0 Å². The fourth-order valence-electron chi connectivity index (χ4n) is 3.25. The van der Waals surface area contributed by atoms with E-state index in [4.69, 9.17) is 23.9 Å². The monoisotopic (exact) mass is 434 g/mol. The van der Waals surface area contributed by atoms with E-state index in [0.717, 1.165) is 5.56 Å². The molecule has 31 heavy (non-hydrogen) atoms. The maximum absolute atomic E-state index is 12.9. The smallest absolute Gasteiger partial charge is 0.290 e. The molecule has 1 fully saturated rings. The zero-order valence-electron chi connectivity index (χ0n) is 17.6. The molecule has 1 aromatic carbocycles. The number of benzene rings is 1. The van der Waals surface area contributed by atoms with Crippen LogP contribution in [0.25, 0.3) is 0 Å². The fourth-order valence-corrected chi connectivity index (χ4v) is 3.25. The fraction of sp³-hybridized carbons (Fsp3) is 0.450. The number of hydrogen-bond acceptors (Lipinski definition) is 8. The highest BCUT2D eigenvalue weighted by molar-refractivity contribution is 5.86. The minimum absolute atomic E-state index is 0.0620. The van der Waals surface area contributed by atoms with E-state index in [2.05, 4.69) is 15.5 Å². The van der Waals surface area contributed by atoms with Crippen LogP contribution in [-0.4, -0.2) is 64.3 Å². The van der Waals surface area contributed by atoms with Gasteiger partial charge in [-0.1, -0.05) is 35.5 Å². The molecule has 2 atom stereocenters. The van der Waals surface area contributed by atoms with E-state index in [-0.39, 0.29) is 50.0 Å². The van der Waals surface area contributed by atoms with Crippen LogP contribution in [0.2, 0.25) is 0 Å². The Balaban J connectivity index is 0.00000107. The van der Waals surface area contributed by atoms with Gasteiger partial charge in [0.25, 0.3) is 12.4 Å². The molecule has 0 saturated carbocycles. The lowest BCUT2D eigenvalue weighted by molar-refractivity contribution is -0.167. The molecule has 11 nitrogen and oxygen atoms in total. The summed E-state index contributed by atoms with van der Waals surface area (Å²) in [7, 11) is 1.53. The molecule has 2 aromatic rings. The average Bonchev–Trinajstić information content (AvgIpc) is 3.20. The molecule has 1 aliphatic rings. The molecule has 1 aliphatic heterocycles. The first-order valence-corrected chi connectivity index (χ1v) is 9.56. The number of carbonyl (C=O) groups is 3. The summed E-state index contributed by atoms with van der Waals surface area (Å²) >= 11 is 0. The third kappa shape index (κ3) is 6.33. The van der Waals surface area contributed by atoms with E-state index < -0.39 is 12.1 Å². The number of amides is 2. The van der Waals surface area contributed by atoms with Crippen LogP contribution in [0, 0.1) is 0 Å². The largest absolute Gasteiger partial charge is 0.483 e. The topological polar surface area (TPSA) is 144 Å². The second-order valence-electron chi connectivity index (χ2n) is 6.84. The maximum Gasteiger partial charge on any atom is 0.290 e. The Bertz CT molecular complexity index is 856. The summed E-state index contributed by atoms with van der Waals surface area (Å²) in [6.45, 7) is 3.74. The number of rotatable bonds is 7. The number of aromatic nitrogens is 2. The van der Waals surface area contributed by atoms with Gasteiger partial charge in [0.05, 0.1) is 12.6 Å². The second-order valence-corrected chi connectivity index (χ2v) is 6.84. The van der Waals surface area contributed by atoms with Gasteiger partial charge >= 0.3 is 0 Å². The molecule has 3 rings (SSSR count). The lowest BCUT2D eigenvalue weighted by atomic mass is 9.96. The quantitative estimate of drug-likeness (QED) is 0.608. The van der Waals surface area contributed by atoms with E-state index in [1.807, 2.05) is 44.2 Å². The van der Waals surface area contributed by atoms with Gasteiger partial charge in [0.1, 0.15) is 13.2 Å². The van der Waals surface area contributed by atoms with E-state index in [1.165, 1.54) is 7.11 Å². The lowest BCUT2D eigenvalue weighted by Crippen LogP contribution is -2.56. The van der Waals surface area contributed by atoms with Crippen LogP contribution in [0.3, 0.4) is 0 Å². The van der Waals surface area contributed by atoms with E-state index in [1.54, 1.807) is 4.90 Å². The predicted octanol–water partition coefficient (Wildman–Crippen LogP) is 0.910. The number of hydrogen-bond donors (Lipinski definition) is 2. The molecule has 1 saturated heterocycles.